The van der Waals surface area contributed by atoms with Crippen LogP contribution in [-0.4, -0.2) is 9.49 Å². The van der Waals surface area contributed by atoms with Gasteiger partial charge in [-0.25, -0.2) is 0 Å². The Labute approximate surface area is 105 Å². The van der Waals surface area contributed by atoms with Crippen LogP contribution in [0.3, 0.4) is 0 Å². The van der Waals surface area contributed by atoms with Gasteiger partial charge in [-0.15, -0.1) is 0 Å². The number of aryl methyl sites for hydroxylation is 2. The quantitative estimate of drug-likeness (QED) is 0.665. The molecule has 94 valence electrons. The molecule has 0 atom stereocenters. The molecule has 0 saturated heterocycles. The van der Waals surface area contributed by atoms with Crippen molar-refractivity contribution in [3.05, 3.63) is 57.9 Å². The Kier molecular flexibility index (Phi) is 3.32. The van der Waals surface area contributed by atoms with E-state index in [1.54, 1.807) is 12.1 Å². The van der Waals surface area contributed by atoms with E-state index in [0.717, 1.165) is 11.3 Å². The Balaban J connectivity index is 2.19. The Bertz CT molecular complexity index is 575. The van der Waals surface area contributed by atoms with E-state index in [1.807, 2.05) is 42.9 Å². The topological polar surface area (TPSA) is 60.1 Å². The minimum Gasteiger partial charge on any atom is -0.374 e. The second-order valence-electron chi connectivity index (χ2n) is 4.24. The highest BCUT2D eigenvalue weighted by atomic mass is 16.6. The van der Waals surface area contributed by atoms with Crippen molar-refractivity contribution in [2.45, 2.75) is 13.5 Å². The number of nitro groups is 1. The first-order valence-corrected chi connectivity index (χ1v) is 5.67. The predicted octanol–water partition coefficient (Wildman–Crippen LogP) is 2.85. The third-order valence-corrected chi connectivity index (χ3v) is 2.86. The number of benzene rings is 1. The minimum absolute atomic E-state index is 0.115. The smallest absolute Gasteiger partial charge is 0.292 e. The summed E-state index contributed by atoms with van der Waals surface area (Å²) in [5.74, 6) is 0. The highest BCUT2D eigenvalue weighted by Crippen LogP contribution is 2.25. The van der Waals surface area contributed by atoms with Gasteiger partial charge in [-0.1, -0.05) is 6.07 Å². The summed E-state index contributed by atoms with van der Waals surface area (Å²) in [6.45, 7) is 2.40. The predicted molar refractivity (Wildman–Crippen MR) is 70.6 cm³/mol. The Hall–Kier alpha value is -2.30. The summed E-state index contributed by atoms with van der Waals surface area (Å²) in [5, 5.41) is 14.1. The molecule has 2 aromatic rings. The number of anilines is 1. The molecule has 2 rings (SSSR count). The molecule has 0 aliphatic carbocycles. The van der Waals surface area contributed by atoms with Gasteiger partial charge in [0.25, 0.3) is 5.69 Å². The molecule has 5 heteroatoms. The normalized spacial score (nSPS) is 10.3. The van der Waals surface area contributed by atoms with Crippen LogP contribution >= 0.6 is 0 Å². The molecular formula is C13H15N3O2. The molecule has 1 aromatic heterocycles. The minimum atomic E-state index is -0.361. The molecular weight excluding hydrogens is 230 g/mol. The molecule has 1 heterocycles. The summed E-state index contributed by atoms with van der Waals surface area (Å²) in [6.07, 6.45) is 1.95. The van der Waals surface area contributed by atoms with Gasteiger partial charge in [0.1, 0.15) is 5.69 Å². The zero-order valence-corrected chi connectivity index (χ0v) is 10.4. The van der Waals surface area contributed by atoms with Crippen LogP contribution in [0.4, 0.5) is 11.4 Å². The van der Waals surface area contributed by atoms with Crippen LogP contribution in [0.2, 0.25) is 0 Å². The molecule has 0 saturated carbocycles. The van der Waals surface area contributed by atoms with Crippen molar-refractivity contribution in [3.63, 3.8) is 0 Å². The molecule has 0 radical (unpaired) electrons. The van der Waals surface area contributed by atoms with E-state index in [9.17, 15) is 10.1 Å². The van der Waals surface area contributed by atoms with Crippen molar-refractivity contribution in [2.24, 2.45) is 7.05 Å². The largest absolute Gasteiger partial charge is 0.374 e. The molecule has 5 nitrogen and oxygen atoms in total. The number of hydrogen-bond donors (Lipinski definition) is 1. The van der Waals surface area contributed by atoms with Crippen molar-refractivity contribution in [3.8, 4) is 0 Å². The first-order valence-electron chi connectivity index (χ1n) is 5.67. The standard InChI is InChI=1S/C13H15N3O2/c1-10-5-6-12(13(8-10)16(17)18)14-9-11-4-3-7-15(11)2/h3-8,14H,9H2,1-2H3. The highest BCUT2D eigenvalue weighted by molar-refractivity contribution is 5.62. The van der Waals surface area contributed by atoms with E-state index < -0.39 is 0 Å². The number of hydrogen-bond acceptors (Lipinski definition) is 3. The zero-order valence-electron chi connectivity index (χ0n) is 10.4. The van der Waals surface area contributed by atoms with E-state index in [-0.39, 0.29) is 10.6 Å². The van der Waals surface area contributed by atoms with Gasteiger partial charge in [0.05, 0.1) is 11.5 Å². The van der Waals surface area contributed by atoms with E-state index >= 15 is 0 Å². The van der Waals surface area contributed by atoms with E-state index in [2.05, 4.69) is 5.32 Å². The van der Waals surface area contributed by atoms with Gasteiger partial charge in [0.15, 0.2) is 0 Å². The van der Waals surface area contributed by atoms with Crippen molar-refractivity contribution in [1.82, 2.24) is 4.57 Å². The van der Waals surface area contributed by atoms with E-state index in [4.69, 9.17) is 0 Å². The summed E-state index contributed by atoms with van der Waals surface area (Å²) in [5.41, 5.74) is 2.62. The Morgan fingerprint density at radius 2 is 2.17 bits per heavy atom. The third kappa shape index (κ3) is 2.51. The van der Waals surface area contributed by atoms with E-state index in [1.165, 1.54) is 0 Å². The summed E-state index contributed by atoms with van der Waals surface area (Å²) < 4.78 is 1.98. The fourth-order valence-corrected chi connectivity index (χ4v) is 1.81. The SMILES string of the molecule is Cc1ccc(NCc2cccn2C)c([N+](=O)[O-])c1. The van der Waals surface area contributed by atoms with Crippen molar-refractivity contribution in [2.75, 3.05) is 5.32 Å². The van der Waals surface area contributed by atoms with Gasteiger partial charge in [-0.05, 0) is 30.7 Å². The van der Waals surface area contributed by atoms with E-state index in [0.29, 0.717) is 12.2 Å². The van der Waals surface area contributed by atoms with Gasteiger partial charge in [0, 0.05) is 25.0 Å². The Morgan fingerprint density at radius 1 is 1.39 bits per heavy atom. The first kappa shape index (κ1) is 12.2. The fraction of sp³-hybridized carbons (Fsp3) is 0.231. The molecule has 1 N–H and O–H groups in total. The number of rotatable bonds is 4. The lowest BCUT2D eigenvalue weighted by Crippen LogP contribution is -2.06. The summed E-state index contributed by atoms with van der Waals surface area (Å²) in [6, 6.07) is 9.11. The van der Waals surface area contributed by atoms with Crippen LogP contribution in [-0.2, 0) is 13.6 Å². The van der Waals surface area contributed by atoms with Crippen LogP contribution in [0.1, 0.15) is 11.3 Å². The maximum Gasteiger partial charge on any atom is 0.292 e. The van der Waals surface area contributed by atoms with Crippen molar-refractivity contribution >= 4 is 11.4 Å². The fourth-order valence-electron chi connectivity index (χ4n) is 1.81. The number of nitrogens with one attached hydrogen (secondary N) is 1. The maximum atomic E-state index is 11.0. The van der Waals surface area contributed by atoms with Crippen LogP contribution < -0.4 is 5.32 Å². The molecule has 0 aliphatic heterocycles. The van der Waals surface area contributed by atoms with Gasteiger partial charge < -0.3 is 9.88 Å². The lowest BCUT2D eigenvalue weighted by molar-refractivity contribution is -0.384. The molecule has 0 amide bonds. The number of nitrogens with zero attached hydrogens (tertiary/aromatic N) is 2. The van der Waals surface area contributed by atoms with Crippen molar-refractivity contribution in [1.29, 1.82) is 0 Å². The summed E-state index contributed by atoms with van der Waals surface area (Å²) in [4.78, 5) is 10.6. The molecule has 0 bridgehead atoms. The van der Waals surface area contributed by atoms with Gasteiger partial charge >= 0.3 is 0 Å². The molecule has 0 spiro atoms. The molecule has 1 aromatic carbocycles. The van der Waals surface area contributed by atoms with Crippen LogP contribution in [0.25, 0.3) is 0 Å². The number of nitro benzene ring substituents is 1. The van der Waals surface area contributed by atoms with Crippen LogP contribution in [0, 0.1) is 17.0 Å². The summed E-state index contributed by atoms with van der Waals surface area (Å²) >= 11 is 0. The first-order chi connectivity index (χ1) is 8.58. The van der Waals surface area contributed by atoms with Crippen LogP contribution in [0.15, 0.2) is 36.5 Å². The van der Waals surface area contributed by atoms with Crippen LogP contribution in [0.5, 0.6) is 0 Å². The molecule has 0 unspecified atom stereocenters. The lowest BCUT2D eigenvalue weighted by atomic mass is 10.2. The van der Waals surface area contributed by atoms with Gasteiger partial charge in [0.2, 0.25) is 0 Å². The van der Waals surface area contributed by atoms with Gasteiger partial charge in [-0.2, -0.15) is 0 Å². The monoisotopic (exact) mass is 245 g/mol. The highest BCUT2D eigenvalue weighted by Gasteiger charge is 2.13. The average Bonchev–Trinajstić information content (AvgIpc) is 2.73. The molecule has 18 heavy (non-hydrogen) atoms. The average molecular weight is 245 g/mol. The zero-order chi connectivity index (χ0) is 13.1. The second-order valence-corrected chi connectivity index (χ2v) is 4.24. The second kappa shape index (κ2) is 4.91. The molecule has 0 fully saturated rings. The summed E-state index contributed by atoms with van der Waals surface area (Å²) in [7, 11) is 1.95. The molecule has 0 aliphatic rings. The van der Waals surface area contributed by atoms with Crippen molar-refractivity contribution < 1.29 is 4.92 Å². The Morgan fingerprint density at radius 3 is 2.78 bits per heavy atom. The third-order valence-electron chi connectivity index (χ3n) is 2.86. The number of aromatic nitrogens is 1. The lowest BCUT2D eigenvalue weighted by Gasteiger charge is -2.08. The maximum absolute atomic E-state index is 11.0. The van der Waals surface area contributed by atoms with Gasteiger partial charge in [-0.3, -0.25) is 10.1 Å².